The van der Waals surface area contributed by atoms with Crippen LogP contribution in [0.2, 0.25) is 0 Å². The van der Waals surface area contributed by atoms with Gasteiger partial charge in [0.05, 0.1) is 6.10 Å². The number of hydrogen-bond acceptors (Lipinski definition) is 3. The third-order valence-electron chi connectivity index (χ3n) is 1.63. The largest absolute Gasteiger partial charge is 1.00 e. The summed E-state index contributed by atoms with van der Waals surface area (Å²) < 4.78 is 25.4. The molecule has 3 nitrogen and oxygen atoms in total. The summed E-state index contributed by atoms with van der Waals surface area (Å²) in [5.41, 5.74) is 0. The van der Waals surface area contributed by atoms with Crippen molar-refractivity contribution in [2.45, 2.75) is 25.4 Å². The zero-order valence-corrected chi connectivity index (χ0v) is 9.56. The maximum absolute atomic E-state index is 10.1. The topological polar surface area (TPSA) is 49.4 Å². The molecule has 1 heterocycles. The van der Waals surface area contributed by atoms with Crippen LogP contribution in [0.4, 0.5) is 0 Å². The summed E-state index contributed by atoms with van der Waals surface area (Å²) in [5, 5.41) is 0. The maximum atomic E-state index is 10.1. The first-order valence-electron chi connectivity index (χ1n) is 3.46. The SMILES string of the molecule is O=S([O-])CCC1CCCO1.[Na+]. The quantitative estimate of drug-likeness (QED) is 0.360. The number of rotatable bonds is 3. The molecular formula is C6H11NaO3S. The molecule has 2 unspecified atom stereocenters. The van der Waals surface area contributed by atoms with Crippen LogP contribution in [0.15, 0.2) is 0 Å². The first-order valence-corrected chi connectivity index (χ1v) is 4.71. The molecule has 1 aliphatic heterocycles. The normalized spacial score (nSPS) is 26.1. The average Bonchev–Trinajstić information content (AvgIpc) is 2.34. The van der Waals surface area contributed by atoms with Crippen molar-refractivity contribution >= 4 is 11.1 Å². The van der Waals surface area contributed by atoms with Crippen molar-refractivity contribution < 1.29 is 43.1 Å². The van der Waals surface area contributed by atoms with E-state index in [0.29, 0.717) is 6.42 Å². The van der Waals surface area contributed by atoms with E-state index in [9.17, 15) is 8.76 Å². The second kappa shape index (κ2) is 6.57. The van der Waals surface area contributed by atoms with Crippen LogP contribution in [0.25, 0.3) is 0 Å². The molecule has 1 rings (SSSR count). The van der Waals surface area contributed by atoms with Gasteiger partial charge in [0, 0.05) is 12.4 Å². The van der Waals surface area contributed by atoms with Gasteiger partial charge >= 0.3 is 29.6 Å². The first kappa shape index (κ1) is 12.1. The van der Waals surface area contributed by atoms with Gasteiger partial charge in [-0.2, -0.15) is 0 Å². The van der Waals surface area contributed by atoms with Gasteiger partial charge in [-0.05, 0) is 19.3 Å². The van der Waals surface area contributed by atoms with Gasteiger partial charge in [0.1, 0.15) is 0 Å². The Kier molecular flexibility index (Phi) is 7.21. The van der Waals surface area contributed by atoms with Crippen molar-refractivity contribution in [1.29, 1.82) is 0 Å². The van der Waals surface area contributed by atoms with E-state index >= 15 is 0 Å². The van der Waals surface area contributed by atoms with E-state index in [1.54, 1.807) is 0 Å². The van der Waals surface area contributed by atoms with Gasteiger partial charge in [0.15, 0.2) is 0 Å². The standard InChI is InChI=1S/C6H12O3S.Na/c7-10(8)5-3-6-2-1-4-9-6;/h6H,1-5H2,(H,7,8);/q;+1/p-1. The van der Waals surface area contributed by atoms with Crippen LogP contribution < -0.4 is 29.6 Å². The first-order chi connectivity index (χ1) is 4.79. The van der Waals surface area contributed by atoms with E-state index in [4.69, 9.17) is 4.74 Å². The van der Waals surface area contributed by atoms with Gasteiger partial charge < -0.3 is 9.29 Å². The van der Waals surface area contributed by atoms with Crippen LogP contribution in [-0.4, -0.2) is 27.2 Å². The summed E-state index contributed by atoms with van der Waals surface area (Å²) in [4.78, 5) is 0. The van der Waals surface area contributed by atoms with Crippen molar-refractivity contribution in [1.82, 2.24) is 0 Å². The van der Waals surface area contributed by atoms with Crippen molar-refractivity contribution in [3.63, 3.8) is 0 Å². The fourth-order valence-electron chi connectivity index (χ4n) is 1.10. The minimum Gasteiger partial charge on any atom is -0.772 e. The third kappa shape index (κ3) is 5.33. The Labute approximate surface area is 91.5 Å². The molecule has 1 fully saturated rings. The summed E-state index contributed by atoms with van der Waals surface area (Å²) in [5.74, 6) is 0.241. The smallest absolute Gasteiger partial charge is 0.772 e. The van der Waals surface area contributed by atoms with Gasteiger partial charge in [0.25, 0.3) is 0 Å². The van der Waals surface area contributed by atoms with Crippen LogP contribution in [-0.2, 0) is 15.8 Å². The summed E-state index contributed by atoms with van der Waals surface area (Å²) in [6, 6.07) is 0. The second-order valence-electron chi connectivity index (χ2n) is 2.43. The molecule has 0 radical (unpaired) electrons. The van der Waals surface area contributed by atoms with E-state index in [-0.39, 0.29) is 41.4 Å². The Hall–Kier alpha value is 1.07. The molecule has 0 aliphatic carbocycles. The third-order valence-corrected chi connectivity index (χ3v) is 2.20. The van der Waals surface area contributed by atoms with Gasteiger partial charge in [-0.3, -0.25) is 4.21 Å². The predicted molar refractivity (Wildman–Crippen MR) is 37.4 cm³/mol. The zero-order valence-electron chi connectivity index (χ0n) is 6.75. The summed E-state index contributed by atoms with van der Waals surface area (Å²) in [7, 11) is 0. The molecule has 1 saturated heterocycles. The monoisotopic (exact) mass is 186 g/mol. The molecule has 5 heteroatoms. The molecule has 2 atom stereocenters. The van der Waals surface area contributed by atoms with E-state index < -0.39 is 11.1 Å². The predicted octanol–water partition coefficient (Wildman–Crippen LogP) is -2.56. The van der Waals surface area contributed by atoms with Crippen molar-refractivity contribution in [2.24, 2.45) is 0 Å². The minimum atomic E-state index is -1.89. The van der Waals surface area contributed by atoms with Crippen LogP contribution >= 0.6 is 0 Å². The van der Waals surface area contributed by atoms with E-state index in [1.165, 1.54) is 0 Å². The van der Waals surface area contributed by atoms with Gasteiger partial charge in [-0.25, -0.2) is 0 Å². The summed E-state index contributed by atoms with van der Waals surface area (Å²) in [6.45, 7) is 0.802. The molecule has 1 aliphatic rings. The molecule has 0 bridgehead atoms. The molecule has 60 valence electrons. The maximum Gasteiger partial charge on any atom is 1.00 e. The Morgan fingerprint density at radius 2 is 2.36 bits per heavy atom. The fourth-order valence-corrected chi connectivity index (χ4v) is 1.56. The van der Waals surface area contributed by atoms with Crippen LogP contribution in [0.3, 0.4) is 0 Å². The molecule has 11 heavy (non-hydrogen) atoms. The summed E-state index contributed by atoms with van der Waals surface area (Å²) in [6.07, 6.45) is 2.97. The van der Waals surface area contributed by atoms with Crippen LogP contribution in [0, 0.1) is 0 Å². The van der Waals surface area contributed by atoms with Crippen LogP contribution in [0.1, 0.15) is 19.3 Å². The molecule has 0 spiro atoms. The summed E-state index contributed by atoms with van der Waals surface area (Å²) >= 11 is -1.89. The molecule has 0 aromatic carbocycles. The van der Waals surface area contributed by atoms with Crippen molar-refractivity contribution in [2.75, 3.05) is 12.4 Å². The Balaban J connectivity index is 0.000001000. The molecule has 0 N–H and O–H groups in total. The Bertz CT molecular complexity index is 125. The zero-order chi connectivity index (χ0) is 7.40. The van der Waals surface area contributed by atoms with Gasteiger partial charge in [-0.15, -0.1) is 0 Å². The van der Waals surface area contributed by atoms with E-state index in [1.807, 2.05) is 0 Å². The van der Waals surface area contributed by atoms with E-state index in [2.05, 4.69) is 0 Å². The number of hydrogen-bond donors (Lipinski definition) is 0. The Morgan fingerprint density at radius 3 is 2.82 bits per heavy atom. The Morgan fingerprint density at radius 1 is 1.64 bits per heavy atom. The van der Waals surface area contributed by atoms with Gasteiger partial charge in [-0.1, -0.05) is 11.1 Å². The number of ether oxygens (including phenoxy) is 1. The minimum absolute atomic E-state index is 0. The fraction of sp³-hybridized carbons (Fsp3) is 1.00. The van der Waals surface area contributed by atoms with Gasteiger partial charge in [0.2, 0.25) is 0 Å². The molecular weight excluding hydrogens is 175 g/mol. The average molecular weight is 186 g/mol. The molecule has 0 amide bonds. The van der Waals surface area contributed by atoms with Crippen molar-refractivity contribution in [3.8, 4) is 0 Å². The van der Waals surface area contributed by atoms with E-state index in [0.717, 1.165) is 19.4 Å². The van der Waals surface area contributed by atoms with Crippen LogP contribution in [0.5, 0.6) is 0 Å². The molecule has 0 aromatic heterocycles. The molecule has 0 saturated carbocycles. The van der Waals surface area contributed by atoms with Crippen molar-refractivity contribution in [3.05, 3.63) is 0 Å². The second-order valence-corrected chi connectivity index (χ2v) is 3.45. The molecule has 0 aromatic rings.